The molecule has 1 aromatic heterocycles. The number of anilines is 1. The molecule has 0 fully saturated rings. The molecule has 0 spiro atoms. The molecule has 1 aromatic carbocycles. The number of pyridine rings is 1. The van der Waals surface area contributed by atoms with Gasteiger partial charge in [0, 0.05) is 6.54 Å². The molecule has 2 aromatic rings. The van der Waals surface area contributed by atoms with Gasteiger partial charge in [-0.15, -0.1) is 0 Å². The van der Waals surface area contributed by atoms with Crippen LogP contribution in [0.25, 0.3) is 0 Å². The number of nitrogens with one attached hydrogen (secondary N) is 1. The molecule has 0 aliphatic heterocycles. The van der Waals surface area contributed by atoms with E-state index >= 15 is 0 Å². The number of hydrogen-bond donors (Lipinski definition) is 1. The second-order valence-electron chi connectivity index (χ2n) is 4.12. The van der Waals surface area contributed by atoms with Gasteiger partial charge in [0.15, 0.2) is 11.5 Å². The second-order valence-corrected chi connectivity index (χ2v) is 4.12. The quantitative estimate of drug-likeness (QED) is 0.823. The van der Waals surface area contributed by atoms with Gasteiger partial charge in [0.05, 0.1) is 13.7 Å². The van der Waals surface area contributed by atoms with Crippen LogP contribution in [0.15, 0.2) is 36.4 Å². The SMILES string of the molecule is CCOc1cc(CNc2cccc(F)n2)ccc1OC. The van der Waals surface area contributed by atoms with Crippen LogP contribution in [0.5, 0.6) is 11.5 Å². The zero-order chi connectivity index (χ0) is 14.4. The molecule has 0 saturated carbocycles. The summed E-state index contributed by atoms with van der Waals surface area (Å²) in [4.78, 5) is 3.75. The number of aromatic nitrogens is 1. The second kappa shape index (κ2) is 6.75. The van der Waals surface area contributed by atoms with E-state index in [0.29, 0.717) is 30.5 Å². The molecule has 0 bridgehead atoms. The lowest BCUT2D eigenvalue weighted by Crippen LogP contribution is -2.03. The zero-order valence-corrected chi connectivity index (χ0v) is 11.5. The highest BCUT2D eigenvalue weighted by Crippen LogP contribution is 2.28. The molecule has 0 atom stereocenters. The first-order valence-corrected chi connectivity index (χ1v) is 6.39. The Bertz CT molecular complexity index is 576. The third-order valence-electron chi connectivity index (χ3n) is 2.72. The molecule has 20 heavy (non-hydrogen) atoms. The van der Waals surface area contributed by atoms with Gasteiger partial charge in [-0.2, -0.15) is 4.39 Å². The molecule has 0 radical (unpaired) electrons. The highest BCUT2D eigenvalue weighted by molar-refractivity contribution is 5.44. The van der Waals surface area contributed by atoms with Crippen LogP contribution in [0.4, 0.5) is 10.2 Å². The summed E-state index contributed by atoms with van der Waals surface area (Å²) in [6.45, 7) is 3.01. The van der Waals surface area contributed by atoms with E-state index in [-0.39, 0.29) is 0 Å². The lowest BCUT2D eigenvalue weighted by Gasteiger charge is -2.11. The Labute approximate surface area is 117 Å². The summed E-state index contributed by atoms with van der Waals surface area (Å²) < 4.78 is 23.7. The predicted octanol–water partition coefficient (Wildman–Crippen LogP) is 3.24. The Morgan fingerprint density at radius 2 is 2.05 bits per heavy atom. The fraction of sp³-hybridized carbons (Fsp3) is 0.267. The van der Waals surface area contributed by atoms with E-state index in [1.807, 2.05) is 25.1 Å². The van der Waals surface area contributed by atoms with Crippen molar-refractivity contribution in [1.82, 2.24) is 4.98 Å². The van der Waals surface area contributed by atoms with Crippen molar-refractivity contribution in [3.8, 4) is 11.5 Å². The van der Waals surface area contributed by atoms with Crippen LogP contribution in [-0.2, 0) is 6.54 Å². The number of rotatable bonds is 6. The van der Waals surface area contributed by atoms with Crippen molar-refractivity contribution in [2.24, 2.45) is 0 Å². The maximum absolute atomic E-state index is 13.0. The van der Waals surface area contributed by atoms with Crippen LogP contribution in [0, 0.1) is 5.95 Å². The number of hydrogen-bond acceptors (Lipinski definition) is 4. The number of halogens is 1. The lowest BCUT2D eigenvalue weighted by molar-refractivity contribution is 0.310. The van der Waals surface area contributed by atoms with Crippen LogP contribution >= 0.6 is 0 Å². The molecular formula is C15H17FN2O2. The molecule has 1 heterocycles. The first-order valence-electron chi connectivity index (χ1n) is 6.39. The van der Waals surface area contributed by atoms with Crippen LogP contribution in [0.1, 0.15) is 12.5 Å². The van der Waals surface area contributed by atoms with Gasteiger partial charge in [0.1, 0.15) is 5.82 Å². The largest absolute Gasteiger partial charge is 0.493 e. The van der Waals surface area contributed by atoms with E-state index in [2.05, 4.69) is 10.3 Å². The summed E-state index contributed by atoms with van der Waals surface area (Å²) in [5.74, 6) is 1.39. The highest BCUT2D eigenvalue weighted by Gasteiger charge is 2.05. The third kappa shape index (κ3) is 3.60. The average molecular weight is 276 g/mol. The van der Waals surface area contributed by atoms with Crippen molar-refractivity contribution in [2.45, 2.75) is 13.5 Å². The summed E-state index contributed by atoms with van der Waals surface area (Å²) in [5, 5.41) is 3.06. The molecular weight excluding hydrogens is 259 g/mol. The Balaban J connectivity index is 2.07. The number of ether oxygens (including phenoxy) is 2. The molecule has 0 aliphatic rings. The van der Waals surface area contributed by atoms with Crippen molar-refractivity contribution < 1.29 is 13.9 Å². The van der Waals surface area contributed by atoms with Gasteiger partial charge in [0.2, 0.25) is 5.95 Å². The minimum Gasteiger partial charge on any atom is -0.493 e. The Morgan fingerprint density at radius 1 is 1.20 bits per heavy atom. The van der Waals surface area contributed by atoms with Gasteiger partial charge in [-0.3, -0.25) is 0 Å². The van der Waals surface area contributed by atoms with Gasteiger partial charge in [-0.25, -0.2) is 4.98 Å². The maximum Gasteiger partial charge on any atom is 0.214 e. The molecule has 0 saturated heterocycles. The van der Waals surface area contributed by atoms with Crippen LogP contribution in [0.2, 0.25) is 0 Å². The standard InChI is InChI=1S/C15H17FN2O2/c1-3-20-13-9-11(7-8-12(13)19-2)10-17-15-6-4-5-14(16)18-15/h4-9H,3,10H2,1-2H3,(H,17,18). The first kappa shape index (κ1) is 14.1. The Morgan fingerprint density at radius 3 is 2.75 bits per heavy atom. The molecule has 0 unspecified atom stereocenters. The van der Waals surface area contributed by atoms with Gasteiger partial charge in [0.25, 0.3) is 0 Å². The van der Waals surface area contributed by atoms with E-state index < -0.39 is 5.95 Å². The van der Waals surface area contributed by atoms with Gasteiger partial charge in [-0.05, 0) is 36.8 Å². The maximum atomic E-state index is 13.0. The summed E-state index contributed by atoms with van der Waals surface area (Å²) in [6, 6.07) is 10.3. The zero-order valence-electron chi connectivity index (χ0n) is 11.5. The molecule has 4 nitrogen and oxygen atoms in total. The number of benzene rings is 1. The number of methoxy groups -OCH3 is 1. The van der Waals surface area contributed by atoms with Gasteiger partial charge >= 0.3 is 0 Å². The minimum atomic E-state index is -0.500. The van der Waals surface area contributed by atoms with Crippen molar-refractivity contribution in [1.29, 1.82) is 0 Å². The van der Waals surface area contributed by atoms with Crippen molar-refractivity contribution in [2.75, 3.05) is 19.0 Å². The first-order chi connectivity index (χ1) is 9.72. The van der Waals surface area contributed by atoms with Crippen molar-refractivity contribution in [3.05, 3.63) is 47.9 Å². The van der Waals surface area contributed by atoms with E-state index in [1.165, 1.54) is 6.07 Å². The molecule has 5 heteroatoms. The third-order valence-corrected chi connectivity index (χ3v) is 2.72. The lowest BCUT2D eigenvalue weighted by atomic mass is 10.2. The summed E-state index contributed by atoms with van der Waals surface area (Å²) in [5.41, 5.74) is 1.00. The van der Waals surface area contributed by atoms with Gasteiger partial charge in [-0.1, -0.05) is 12.1 Å². The molecule has 2 rings (SSSR count). The molecule has 0 aliphatic carbocycles. The van der Waals surface area contributed by atoms with Crippen molar-refractivity contribution >= 4 is 5.82 Å². The van der Waals surface area contributed by atoms with Crippen molar-refractivity contribution in [3.63, 3.8) is 0 Å². The Kier molecular flexibility index (Phi) is 4.76. The van der Waals surface area contributed by atoms with E-state index in [1.54, 1.807) is 19.2 Å². The minimum absolute atomic E-state index is 0.499. The smallest absolute Gasteiger partial charge is 0.214 e. The fourth-order valence-corrected chi connectivity index (χ4v) is 1.80. The Hall–Kier alpha value is -2.30. The normalized spacial score (nSPS) is 10.2. The highest BCUT2D eigenvalue weighted by atomic mass is 19.1. The van der Waals surface area contributed by atoms with Crippen LogP contribution in [-0.4, -0.2) is 18.7 Å². The fourth-order valence-electron chi connectivity index (χ4n) is 1.80. The monoisotopic (exact) mass is 276 g/mol. The summed E-state index contributed by atoms with van der Waals surface area (Å²) >= 11 is 0. The molecule has 1 N–H and O–H groups in total. The molecule has 106 valence electrons. The van der Waals surface area contributed by atoms with E-state index in [9.17, 15) is 4.39 Å². The summed E-state index contributed by atoms with van der Waals surface area (Å²) in [7, 11) is 1.60. The number of nitrogens with zero attached hydrogens (tertiary/aromatic N) is 1. The van der Waals surface area contributed by atoms with E-state index in [4.69, 9.17) is 9.47 Å². The van der Waals surface area contributed by atoms with E-state index in [0.717, 1.165) is 5.56 Å². The van der Waals surface area contributed by atoms with Crippen LogP contribution in [0.3, 0.4) is 0 Å². The average Bonchev–Trinajstić information content (AvgIpc) is 2.46. The van der Waals surface area contributed by atoms with Gasteiger partial charge < -0.3 is 14.8 Å². The predicted molar refractivity (Wildman–Crippen MR) is 75.7 cm³/mol. The summed E-state index contributed by atoms with van der Waals surface area (Å²) in [6.07, 6.45) is 0. The topological polar surface area (TPSA) is 43.4 Å². The molecule has 0 amide bonds. The van der Waals surface area contributed by atoms with Crippen LogP contribution < -0.4 is 14.8 Å².